The summed E-state index contributed by atoms with van der Waals surface area (Å²) in [6, 6.07) is 0. The van der Waals surface area contributed by atoms with E-state index < -0.39 is 0 Å². The third-order valence-electron chi connectivity index (χ3n) is 3.13. The summed E-state index contributed by atoms with van der Waals surface area (Å²) < 4.78 is 3.55. The monoisotopic (exact) mass is 276 g/mol. The van der Waals surface area contributed by atoms with Crippen LogP contribution in [-0.2, 0) is 17.9 Å². The molecule has 0 unspecified atom stereocenters. The van der Waals surface area contributed by atoms with Crippen LogP contribution in [0, 0.1) is 27.7 Å². The zero-order chi connectivity index (χ0) is 14.7. The fraction of sp³-hybridized carbons (Fsp3) is 0.615. The van der Waals surface area contributed by atoms with Crippen molar-refractivity contribution < 1.29 is 4.79 Å². The fourth-order valence-corrected chi connectivity index (χ4v) is 2.13. The zero-order valence-electron chi connectivity index (χ0n) is 12.4. The van der Waals surface area contributed by atoms with Gasteiger partial charge in [-0.15, -0.1) is 0 Å². The summed E-state index contributed by atoms with van der Waals surface area (Å²) in [5.41, 5.74) is 0. The molecule has 0 saturated carbocycles. The van der Waals surface area contributed by atoms with Crippen molar-refractivity contribution in [3.63, 3.8) is 0 Å². The number of aryl methyl sites for hydroxylation is 6. The first-order valence-electron chi connectivity index (χ1n) is 6.73. The molecule has 0 bridgehead atoms. The standard InChI is InChI=1S/C13H20N6O/c1-9-14-11(3)18(16-9)7-5-13(20)6-8-19-12(4)15-10(2)17-19/h5-8H2,1-4H3. The third-order valence-corrected chi connectivity index (χ3v) is 3.13. The van der Waals surface area contributed by atoms with Crippen LogP contribution in [0.15, 0.2) is 0 Å². The van der Waals surface area contributed by atoms with Gasteiger partial charge in [0.2, 0.25) is 0 Å². The van der Waals surface area contributed by atoms with E-state index >= 15 is 0 Å². The van der Waals surface area contributed by atoms with Crippen molar-refractivity contribution in [2.75, 3.05) is 0 Å². The molecule has 2 aromatic rings. The Morgan fingerprint density at radius 2 is 1.25 bits per heavy atom. The Bertz CT molecular complexity index is 560. The van der Waals surface area contributed by atoms with Crippen molar-refractivity contribution in [3.05, 3.63) is 23.3 Å². The van der Waals surface area contributed by atoms with Crippen molar-refractivity contribution in [3.8, 4) is 0 Å². The predicted octanol–water partition coefficient (Wildman–Crippen LogP) is 1.15. The van der Waals surface area contributed by atoms with Crippen LogP contribution in [0.3, 0.4) is 0 Å². The lowest BCUT2D eigenvalue weighted by Gasteiger charge is -2.04. The Labute approximate surface area is 118 Å². The highest BCUT2D eigenvalue weighted by Gasteiger charge is 2.08. The smallest absolute Gasteiger partial charge is 0.147 e. The lowest BCUT2D eigenvalue weighted by molar-refractivity contribution is -0.119. The van der Waals surface area contributed by atoms with Crippen LogP contribution in [0.5, 0.6) is 0 Å². The van der Waals surface area contributed by atoms with Crippen molar-refractivity contribution in [1.82, 2.24) is 29.5 Å². The van der Waals surface area contributed by atoms with Crippen LogP contribution in [0.2, 0.25) is 0 Å². The maximum absolute atomic E-state index is 11.9. The maximum Gasteiger partial charge on any atom is 0.147 e. The Balaban J connectivity index is 1.81. The summed E-state index contributed by atoms with van der Waals surface area (Å²) in [6.07, 6.45) is 0.937. The van der Waals surface area contributed by atoms with Crippen LogP contribution >= 0.6 is 0 Å². The van der Waals surface area contributed by atoms with Gasteiger partial charge in [0.05, 0.1) is 0 Å². The van der Waals surface area contributed by atoms with Gasteiger partial charge in [0.15, 0.2) is 0 Å². The van der Waals surface area contributed by atoms with E-state index in [-0.39, 0.29) is 5.78 Å². The molecule has 20 heavy (non-hydrogen) atoms. The number of aromatic nitrogens is 6. The number of carbonyl (C=O) groups is 1. The van der Waals surface area contributed by atoms with Gasteiger partial charge in [-0.05, 0) is 27.7 Å². The molecule has 0 fully saturated rings. The van der Waals surface area contributed by atoms with Crippen LogP contribution in [0.1, 0.15) is 36.1 Å². The van der Waals surface area contributed by atoms with Crippen molar-refractivity contribution >= 4 is 5.78 Å². The van der Waals surface area contributed by atoms with Gasteiger partial charge < -0.3 is 0 Å². The highest BCUT2D eigenvalue weighted by Crippen LogP contribution is 2.02. The number of nitrogens with zero attached hydrogens (tertiary/aromatic N) is 6. The first kappa shape index (κ1) is 14.4. The molecule has 0 aliphatic rings. The zero-order valence-corrected chi connectivity index (χ0v) is 12.4. The fourth-order valence-electron chi connectivity index (χ4n) is 2.13. The van der Waals surface area contributed by atoms with Crippen LogP contribution in [0.25, 0.3) is 0 Å². The molecule has 0 aromatic carbocycles. The molecule has 0 spiro atoms. The molecular weight excluding hydrogens is 256 g/mol. The normalized spacial score (nSPS) is 11.0. The second-order valence-corrected chi connectivity index (χ2v) is 4.90. The van der Waals surface area contributed by atoms with E-state index in [1.165, 1.54) is 0 Å². The molecule has 2 heterocycles. The van der Waals surface area contributed by atoms with Gasteiger partial charge >= 0.3 is 0 Å². The Hall–Kier alpha value is -2.05. The van der Waals surface area contributed by atoms with Gasteiger partial charge in [-0.3, -0.25) is 4.79 Å². The van der Waals surface area contributed by atoms with E-state index in [2.05, 4.69) is 20.2 Å². The van der Waals surface area contributed by atoms with E-state index in [0.717, 1.165) is 23.3 Å². The largest absolute Gasteiger partial charge is 0.300 e. The van der Waals surface area contributed by atoms with Gasteiger partial charge in [-0.2, -0.15) is 10.2 Å². The summed E-state index contributed by atoms with van der Waals surface area (Å²) in [6.45, 7) is 8.65. The van der Waals surface area contributed by atoms with Crippen molar-refractivity contribution in [2.24, 2.45) is 0 Å². The van der Waals surface area contributed by atoms with E-state index in [9.17, 15) is 4.79 Å². The Kier molecular flexibility index (Phi) is 4.26. The molecule has 7 heteroatoms. The lowest BCUT2D eigenvalue weighted by Crippen LogP contribution is -2.12. The predicted molar refractivity (Wildman–Crippen MR) is 73.2 cm³/mol. The minimum Gasteiger partial charge on any atom is -0.300 e. The molecule has 0 amide bonds. The van der Waals surface area contributed by atoms with E-state index in [1.54, 1.807) is 9.36 Å². The summed E-state index contributed by atoms with van der Waals surface area (Å²) >= 11 is 0. The van der Waals surface area contributed by atoms with E-state index in [1.807, 2.05) is 27.7 Å². The van der Waals surface area contributed by atoms with Crippen LogP contribution in [0.4, 0.5) is 0 Å². The highest BCUT2D eigenvalue weighted by molar-refractivity contribution is 5.78. The summed E-state index contributed by atoms with van der Waals surface area (Å²) in [5.74, 6) is 3.37. The molecule has 0 saturated heterocycles. The molecule has 0 radical (unpaired) electrons. The summed E-state index contributed by atoms with van der Waals surface area (Å²) in [4.78, 5) is 20.3. The SMILES string of the molecule is Cc1nc(C)n(CCC(=O)CCn2nc(C)nc2C)n1. The number of hydrogen-bond acceptors (Lipinski definition) is 5. The minimum atomic E-state index is 0.199. The minimum absolute atomic E-state index is 0.199. The van der Waals surface area contributed by atoms with Gasteiger partial charge in [0.25, 0.3) is 0 Å². The lowest BCUT2D eigenvalue weighted by atomic mass is 10.2. The quantitative estimate of drug-likeness (QED) is 0.791. The maximum atomic E-state index is 11.9. The number of ketones is 1. The summed E-state index contributed by atoms with van der Waals surface area (Å²) in [7, 11) is 0. The molecule has 7 nitrogen and oxygen atoms in total. The first-order chi connectivity index (χ1) is 9.45. The second-order valence-electron chi connectivity index (χ2n) is 4.90. The third kappa shape index (κ3) is 3.49. The van der Waals surface area contributed by atoms with Gasteiger partial charge in [0.1, 0.15) is 29.1 Å². The number of rotatable bonds is 6. The molecule has 0 aliphatic carbocycles. The topological polar surface area (TPSA) is 78.5 Å². The Morgan fingerprint density at radius 1 is 0.850 bits per heavy atom. The van der Waals surface area contributed by atoms with Gasteiger partial charge in [-0.25, -0.2) is 19.3 Å². The molecule has 2 rings (SSSR count). The Morgan fingerprint density at radius 3 is 1.55 bits per heavy atom. The number of carbonyl (C=O) groups excluding carboxylic acids is 1. The average molecular weight is 276 g/mol. The van der Waals surface area contributed by atoms with Crippen LogP contribution < -0.4 is 0 Å². The van der Waals surface area contributed by atoms with Crippen molar-refractivity contribution in [1.29, 1.82) is 0 Å². The molecule has 108 valence electrons. The summed E-state index contributed by atoms with van der Waals surface area (Å²) in [5, 5.41) is 8.49. The molecule has 2 aromatic heterocycles. The number of Topliss-reactive ketones (excluding diaryl/α,β-unsaturated/α-hetero) is 1. The van der Waals surface area contributed by atoms with Crippen molar-refractivity contribution in [2.45, 2.75) is 53.6 Å². The highest BCUT2D eigenvalue weighted by atomic mass is 16.1. The first-order valence-corrected chi connectivity index (χ1v) is 6.73. The molecule has 0 N–H and O–H groups in total. The number of hydrogen-bond donors (Lipinski definition) is 0. The van der Waals surface area contributed by atoms with Crippen LogP contribution in [-0.4, -0.2) is 35.3 Å². The van der Waals surface area contributed by atoms with E-state index in [4.69, 9.17) is 0 Å². The van der Waals surface area contributed by atoms with E-state index in [0.29, 0.717) is 25.9 Å². The molecule has 0 aliphatic heterocycles. The van der Waals surface area contributed by atoms with Gasteiger partial charge in [-0.1, -0.05) is 0 Å². The average Bonchev–Trinajstić information content (AvgIpc) is 2.86. The molecule has 0 atom stereocenters. The van der Waals surface area contributed by atoms with Gasteiger partial charge in [0, 0.05) is 25.9 Å². The second kappa shape index (κ2) is 5.94. The molecular formula is C13H20N6O.